The third-order valence-corrected chi connectivity index (χ3v) is 3.90. The second-order valence-corrected chi connectivity index (χ2v) is 5.21. The summed E-state index contributed by atoms with van der Waals surface area (Å²) in [6, 6.07) is 8.52. The Morgan fingerprint density at radius 2 is 1.84 bits per heavy atom. The maximum absolute atomic E-state index is 13.9. The van der Waals surface area contributed by atoms with Crippen LogP contribution in [0.4, 0.5) is 8.78 Å². The Balaban J connectivity index is 2.43. The molecule has 0 fully saturated rings. The average Bonchev–Trinajstić information content (AvgIpc) is 2.40. The number of hydrogen-bond acceptors (Lipinski definition) is 1. The molecule has 0 bridgehead atoms. The molecule has 2 aromatic carbocycles. The number of methoxy groups -OCH3 is 1. The lowest BCUT2D eigenvalue weighted by molar-refractivity contribution is 0.410. The van der Waals surface area contributed by atoms with Gasteiger partial charge in [0.2, 0.25) is 0 Å². The Labute approximate surface area is 123 Å². The minimum atomic E-state index is -0.781. The number of benzene rings is 2. The lowest BCUT2D eigenvalue weighted by Gasteiger charge is -2.14. The van der Waals surface area contributed by atoms with Gasteiger partial charge in [0, 0.05) is 16.1 Å². The number of rotatable bonds is 3. The molecule has 0 saturated carbocycles. The first-order valence-corrected chi connectivity index (χ1v) is 6.68. The third kappa shape index (κ3) is 3.07. The van der Waals surface area contributed by atoms with Gasteiger partial charge in [0.1, 0.15) is 17.4 Å². The van der Waals surface area contributed by atoms with Gasteiger partial charge in [0.15, 0.2) is 0 Å². The zero-order chi connectivity index (χ0) is 14.0. The lowest BCUT2D eigenvalue weighted by atomic mass is 10.0. The van der Waals surface area contributed by atoms with Crippen molar-refractivity contribution in [1.82, 2.24) is 0 Å². The molecule has 0 aromatic heterocycles. The van der Waals surface area contributed by atoms with Crippen LogP contribution >= 0.6 is 27.5 Å². The molecule has 0 N–H and O–H groups in total. The molecule has 19 heavy (non-hydrogen) atoms. The monoisotopic (exact) mass is 346 g/mol. The van der Waals surface area contributed by atoms with E-state index >= 15 is 0 Å². The number of halogens is 4. The van der Waals surface area contributed by atoms with E-state index in [1.54, 1.807) is 12.1 Å². The Bertz CT molecular complexity index is 604. The molecular formula is C14H10BrClF2O. The molecule has 2 aromatic rings. The SMILES string of the molecule is COc1ccc(C(Cl)c2cc(F)ccc2Br)c(F)c1. The van der Waals surface area contributed by atoms with Crippen molar-refractivity contribution in [3.05, 3.63) is 63.6 Å². The fourth-order valence-corrected chi connectivity index (χ4v) is 2.68. The van der Waals surface area contributed by atoms with E-state index in [4.69, 9.17) is 16.3 Å². The van der Waals surface area contributed by atoms with E-state index in [0.29, 0.717) is 15.8 Å². The molecule has 1 atom stereocenters. The van der Waals surface area contributed by atoms with E-state index in [-0.39, 0.29) is 5.56 Å². The van der Waals surface area contributed by atoms with Crippen LogP contribution in [0.5, 0.6) is 5.75 Å². The van der Waals surface area contributed by atoms with Crippen molar-refractivity contribution in [2.24, 2.45) is 0 Å². The van der Waals surface area contributed by atoms with E-state index in [0.717, 1.165) is 0 Å². The van der Waals surface area contributed by atoms with Crippen molar-refractivity contribution in [2.45, 2.75) is 5.38 Å². The highest BCUT2D eigenvalue weighted by atomic mass is 79.9. The summed E-state index contributed by atoms with van der Waals surface area (Å²) >= 11 is 9.51. The summed E-state index contributed by atoms with van der Waals surface area (Å²) in [5.74, 6) is -0.503. The maximum Gasteiger partial charge on any atom is 0.131 e. The molecule has 0 aliphatic heterocycles. The minimum absolute atomic E-state index is 0.272. The van der Waals surface area contributed by atoms with Crippen molar-refractivity contribution < 1.29 is 13.5 Å². The van der Waals surface area contributed by atoms with Crippen molar-refractivity contribution in [3.63, 3.8) is 0 Å². The van der Waals surface area contributed by atoms with E-state index in [1.165, 1.54) is 31.4 Å². The standard InChI is InChI=1S/C14H10BrClF2O/c1-19-9-3-4-10(13(18)7-9)14(16)11-6-8(17)2-5-12(11)15/h2-7,14H,1H3. The Morgan fingerprint density at radius 1 is 1.11 bits per heavy atom. The van der Waals surface area contributed by atoms with Crippen molar-refractivity contribution in [2.75, 3.05) is 7.11 Å². The summed E-state index contributed by atoms with van der Waals surface area (Å²) in [6.07, 6.45) is 0. The molecule has 1 nitrogen and oxygen atoms in total. The second-order valence-electron chi connectivity index (χ2n) is 3.92. The van der Waals surface area contributed by atoms with Gasteiger partial charge in [-0.25, -0.2) is 8.78 Å². The second kappa shape index (κ2) is 5.88. The van der Waals surface area contributed by atoms with Gasteiger partial charge in [-0.3, -0.25) is 0 Å². The molecule has 0 aliphatic rings. The van der Waals surface area contributed by atoms with Crippen LogP contribution in [-0.2, 0) is 0 Å². The lowest BCUT2D eigenvalue weighted by Crippen LogP contribution is -1.99. The highest BCUT2D eigenvalue weighted by Gasteiger charge is 2.18. The molecule has 0 heterocycles. The molecule has 0 spiro atoms. The van der Waals surface area contributed by atoms with Crippen LogP contribution in [0.25, 0.3) is 0 Å². The van der Waals surface area contributed by atoms with Gasteiger partial charge in [-0.15, -0.1) is 11.6 Å². The van der Waals surface area contributed by atoms with Crippen LogP contribution in [0.3, 0.4) is 0 Å². The van der Waals surface area contributed by atoms with Gasteiger partial charge in [0.25, 0.3) is 0 Å². The topological polar surface area (TPSA) is 9.23 Å². The van der Waals surface area contributed by atoms with Crippen LogP contribution in [0.2, 0.25) is 0 Å². The fourth-order valence-electron chi connectivity index (χ4n) is 1.72. The molecule has 0 amide bonds. The van der Waals surface area contributed by atoms with E-state index in [9.17, 15) is 8.78 Å². The van der Waals surface area contributed by atoms with E-state index < -0.39 is 17.0 Å². The highest BCUT2D eigenvalue weighted by molar-refractivity contribution is 9.10. The van der Waals surface area contributed by atoms with Gasteiger partial charge < -0.3 is 4.74 Å². The molecule has 5 heteroatoms. The smallest absolute Gasteiger partial charge is 0.131 e. The normalized spacial score (nSPS) is 12.3. The zero-order valence-electron chi connectivity index (χ0n) is 9.96. The molecule has 2 rings (SSSR count). The predicted octanol–water partition coefficient (Wildman–Crippen LogP) is 5.06. The van der Waals surface area contributed by atoms with Gasteiger partial charge in [-0.2, -0.15) is 0 Å². The Morgan fingerprint density at radius 3 is 2.47 bits per heavy atom. The van der Waals surface area contributed by atoms with Gasteiger partial charge >= 0.3 is 0 Å². The van der Waals surface area contributed by atoms with Gasteiger partial charge in [-0.05, 0) is 29.8 Å². The first-order valence-electron chi connectivity index (χ1n) is 5.45. The highest BCUT2D eigenvalue weighted by Crippen LogP contribution is 2.36. The summed E-state index contributed by atoms with van der Waals surface area (Å²) in [6.45, 7) is 0. The summed E-state index contributed by atoms with van der Waals surface area (Å²) < 4.78 is 32.7. The van der Waals surface area contributed by atoms with Crippen molar-refractivity contribution >= 4 is 27.5 Å². The van der Waals surface area contributed by atoms with Crippen LogP contribution in [0.15, 0.2) is 40.9 Å². The molecule has 0 saturated heterocycles. The first-order chi connectivity index (χ1) is 9.02. The molecule has 0 radical (unpaired) electrons. The molecular weight excluding hydrogens is 338 g/mol. The minimum Gasteiger partial charge on any atom is -0.497 e. The fraction of sp³-hybridized carbons (Fsp3) is 0.143. The molecule has 0 aliphatic carbocycles. The maximum atomic E-state index is 13.9. The first kappa shape index (κ1) is 14.3. The zero-order valence-corrected chi connectivity index (χ0v) is 12.3. The average molecular weight is 348 g/mol. The van der Waals surface area contributed by atoms with E-state index in [1.807, 2.05) is 0 Å². The largest absolute Gasteiger partial charge is 0.497 e. The number of hydrogen-bond donors (Lipinski definition) is 0. The van der Waals surface area contributed by atoms with Crippen molar-refractivity contribution in [1.29, 1.82) is 0 Å². The quantitative estimate of drug-likeness (QED) is 0.705. The van der Waals surface area contributed by atoms with Crippen LogP contribution in [0, 0.1) is 11.6 Å². The van der Waals surface area contributed by atoms with Gasteiger partial charge in [0.05, 0.1) is 12.5 Å². The molecule has 1 unspecified atom stereocenters. The van der Waals surface area contributed by atoms with Crippen LogP contribution < -0.4 is 4.74 Å². The summed E-state index contributed by atoms with van der Waals surface area (Å²) in [5.41, 5.74) is 0.750. The third-order valence-electron chi connectivity index (χ3n) is 2.71. The molecule has 100 valence electrons. The van der Waals surface area contributed by atoms with E-state index in [2.05, 4.69) is 15.9 Å². The Hall–Kier alpha value is -1.13. The van der Waals surface area contributed by atoms with Crippen LogP contribution in [0.1, 0.15) is 16.5 Å². The van der Waals surface area contributed by atoms with Crippen molar-refractivity contribution in [3.8, 4) is 5.75 Å². The summed E-state index contributed by atoms with van der Waals surface area (Å²) in [4.78, 5) is 0. The predicted molar refractivity (Wildman–Crippen MR) is 74.7 cm³/mol. The number of ether oxygens (including phenoxy) is 1. The summed E-state index contributed by atoms with van der Waals surface area (Å²) in [5, 5.41) is -0.781. The Kier molecular flexibility index (Phi) is 4.42. The number of alkyl halides is 1. The van der Waals surface area contributed by atoms with Gasteiger partial charge in [-0.1, -0.05) is 22.0 Å². The van der Waals surface area contributed by atoms with Crippen LogP contribution in [-0.4, -0.2) is 7.11 Å². The summed E-state index contributed by atoms with van der Waals surface area (Å²) in [7, 11) is 1.45.